The van der Waals surface area contributed by atoms with Crippen LogP contribution in [0.3, 0.4) is 0 Å². The predicted molar refractivity (Wildman–Crippen MR) is 100 cm³/mol. The Morgan fingerprint density at radius 2 is 1.75 bits per heavy atom. The number of amides is 1. The van der Waals surface area contributed by atoms with Gasteiger partial charge in [-0.15, -0.1) is 0 Å². The molecule has 0 unspecified atom stereocenters. The van der Waals surface area contributed by atoms with Crippen LogP contribution < -0.4 is 0 Å². The molecular weight excluding hydrogens is 389 g/mol. The van der Waals surface area contributed by atoms with Crippen LogP contribution in [0.25, 0.3) is 5.69 Å². The highest BCUT2D eigenvalue weighted by Gasteiger charge is 2.29. The minimum Gasteiger partial charge on any atom is -0.335 e. The Kier molecular flexibility index (Phi) is 5.73. The zero-order chi connectivity index (χ0) is 20.3. The number of nitrogens with zero attached hydrogens (tertiary/aromatic N) is 4. The van der Waals surface area contributed by atoms with Crippen molar-refractivity contribution < 1.29 is 18.0 Å². The first-order chi connectivity index (χ1) is 13.2. The van der Waals surface area contributed by atoms with Crippen molar-refractivity contribution in [2.24, 2.45) is 0 Å². The number of halogens is 3. The zero-order valence-corrected chi connectivity index (χ0v) is 15.9. The number of aromatic nitrogens is 3. The molecule has 0 aliphatic rings. The fourth-order valence-corrected chi connectivity index (χ4v) is 3.19. The van der Waals surface area contributed by atoms with Gasteiger partial charge in [-0.2, -0.15) is 18.3 Å². The number of carbonyl (C=O) groups is 1. The molecule has 28 heavy (non-hydrogen) atoms. The van der Waals surface area contributed by atoms with E-state index >= 15 is 0 Å². The average Bonchev–Trinajstić information content (AvgIpc) is 3.20. The summed E-state index contributed by atoms with van der Waals surface area (Å²) >= 11 is -0.204. The van der Waals surface area contributed by atoms with Gasteiger partial charge >= 0.3 is 5.51 Å². The van der Waals surface area contributed by atoms with E-state index in [9.17, 15) is 18.0 Å². The van der Waals surface area contributed by atoms with Crippen LogP contribution in [0, 0.1) is 0 Å². The molecule has 1 aromatic heterocycles. The third-order valence-electron chi connectivity index (χ3n) is 4.29. The molecule has 0 N–H and O–H groups in total. The van der Waals surface area contributed by atoms with Crippen molar-refractivity contribution in [2.45, 2.75) is 23.4 Å². The Balaban J connectivity index is 1.70. The van der Waals surface area contributed by atoms with E-state index in [1.165, 1.54) is 30.6 Å². The number of rotatable bonds is 5. The van der Waals surface area contributed by atoms with E-state index in [1.807, 2.05) is 31.2 Å². The van der Waals surface area contributed by atoms with Crippen LogP contribution >= 0.6 is 11.8 Å². The van der Waals surface area contributed by atoms with Gasteiger partial charge in [0.2, 0.25) is 0 Å². The maximum absolute atomic E-state index is 12.7. The van der Waals surface area contributed by atoms with Gasteiger partial charge in [-0.3, -0.25) is 4.79 Å². The second-order valence-electron chi connectivity index (χ2n) is 6.10. The molecule has 146 valence electrons. The first-order valence-corrected chi connectivity index (χ1v) is 9.14. The van der Waals surface area contributed by atoms with E-state index in [2.05, 4.69) is 10.1 Å². The molecule has 1 heterocycles. The largest absolute Gasteiger partial charge is 0.446 e. The first kappa shape index (κ1) is 19.9. The minimum atomic E-state index is -4.35. The molecule has 3 rings (SSSR count). The molecule has 5 nitrogen and oxygen atoms in total. The highest BCUT2D eigenvalue weighted by atomic mass is 32.2. The maximum atomic E-state index is 12.7. The number of thioether (sulfide) groups is 1. The molecule has 0 radical (unpaired) electrons. The molecule has 1 atom stereocenters. The van der Waals surface area contributed by atoms with Crippen LogP contribution in [0.1, 0.15) is 28.9 Å². The van der Waals surface area contributed by atoms with Gasteiger partial charge in [0.05, 0.1) is 11.7 Å². The molecule has 0 aliphatic carbocycles. The van der Waals surface area contributed by atoms with Gasteiger partial charge in [0.1, 0.15) is 12.7 Å². The zero-order valence-electron chi connectivity index (χ0n) is 15.1. The number of alkyl halides is 3. The maximum Gasteiger partial charge on any atom is 0.446 e. The fraction of sp³-hybridized carbons (Fsp3) is 0.211. The summed E-state index contributed by atoms with van der Waals surface area (Å²) in [5, 5.41) is 4.06. The van der Waals surface area contributed by atoms with Crippen molar-refractivity contribution in [3.05, 3.63) is 72.3 Å². The molecule has 2 aromatic carbocycles. The Labute approximate surface area is 164 Å². The highest BCUT2D eigenvalue weighted by Crippen LogP contribution is 2.36. The van der Waals surface area contributed by atoms with Gasteiger partial charge in [0.15, 0.2) is 0 Å². The second kappa shape index (κ2) is 8.05. The third kappa shape index (κ3) is 4.72. The lowest BCUT2D eigenvalue weighted by Gasteiger charge is -2.25. The monoisotopic (exact) mass is 406 g/mol. The van der Waals surface area contributed by atoms with Crippen molar-refractivity contribution in [2.75, 3.05) is 7.05 Å². The molecule has 0 spiro atoms. The van der Waals surface area contributed by atoms with Crippen LogP contribution in [0.4, 0.5) is 13.2 Å². The molecule has 0 fully saturated rings. The van der Waals surface area contributed by atoms with Gasteiger partial charge in [-0.05, 0) is 60.6 Å². The molecule has 0 aliphatic heterocycles. The fourth-order valence-electron chi connectivity index (χ4n) is 2.65. The Morgan fingerprint density at radius 1 is 1.11 bits per heavy atom. The Bertz CT molecular complexity index is 925. The molecule has 1 amide bonds. The van der Waals surface area contributed by atoms with Gasteiger partial charge in [-0.1, -0.05) is 12.1 Å². The van der Waals surface area contributed by atoms with Gasteiger partial charge < -0.3 is 4.90 Å². The Hall–Kier alpha value is -2.81. The number of carbonyl (C=O) groups excluding carboxylic acids is 1. The summed E-state index contributed by atoms with van der Waals surface area (Å²) in [5.41, 5.74) is -2.25. The normalized spacial score (nSPS) is 12.6. The average molecular weight is 406 g/mol. The summed E-state index contributed by atoms with van der Waals surface area (Å²) in [5.74, 6) is -0.267. The third-order valence-corrected chi connectivity index (χ3v) is 5.03. The number of hydrogen-bond donors (Lipinski definition) is 0. The van der Waals surface area contributed by atoms with Crippen LogP contribution in [0.5, 0.6) is 0 Å². The topological polar surface area (TPSA) is 51.0 Å². The van der Waals surface area contributed by atoms with Crippen molar-refractivity contribution in [3.63, 3.8) is 0 Å². The van der Waals surface area contributed by atoms with Crippen LogP contribution in [0.2, 0.25) is 0 Å². The smallest absolute Gasteiger partial charge is 0.335 e. The SMILES string of the molecule is C[C@H](c1ccc(-n2cncn2)cc1)N(C)C(=O)c1ccc(SC(F)(F)F)cc1. The molecule has 9 heteroatoms. The summed E-state index contributed by atoms with van der Waals surface area (Å²) in [7, 11) is 1.66. The first-order valence-electron chi connectivity index (χ1n) is 8.32. The van der Waals surface area contributed by atoms with Crippen LogP contribution in [0.15, 0.2) is 66.1 Å². The molecule has 0 bridgehead atoms. The van der Waals surface area contributed by atoms with Gasteiger partial charge in [0.25, 0.3) is 5.91 Å². The molecular formula is C19H17F3N4OS. The Morgan fingerprint density at radius 3 is 2.29 bits per heavy atom. The van der Waals surface area contributed by atoms with E-state index in [1.54, 1.807) is 23.0 Å². The standard InChI is InChI=1S/C19H17F3N4OS/c1-13(14-3-7-16(8-4-14)26-12-23-11-24-26)25(2)18(27)15-5-9-17(10-6-15)28-19(20,21)22/h3-13H,1-2H3/t13-/m1/s1. The minimum absolute atomic E-state index is 0.0449. The second-order valence-corrected chi connectivity index (χ2v) is 7.23. The predicted octanol–water partition coefficient (Wildman–Crippen LogP) is 4.71. The summed E-state index contributed by atoms with van der Waals surface area (Å²) < 4.78 is 38.9. The van der Waals surface area contributed by atoms with E-state index in [0.29, 0.717) is 5.56 Å². The number of hydrogen-bond acceptors (Lipinski definition) is 4. The lowest BCUT2D eigenvalue weighted by molar-refractivity contribution is -0.0328. The van der Waals surface area contributed by atoms with Crippen molar-refractivity contribution >= 4 is 17.7 Å². The van der Waals surface area contributed by atoms with E-state index in [0.717, 1.165) is 11.3 Å². The van der Waals surface area contributed by atoms with E-state index < -0.39 is 5.51 Å². The van der Waals surface area contributed by atoms with Crippen molar-refractivity contribution in [1.82, 2.24) is 19.7 Å². The van der Waals surface area contributed by atoms with Gasteiger partial charge in [0, 0.05) is 17.5 Å². The van der Waals surface area contributed by atoms with Crippen molar-refractivity contribution in [1.29, 1.82) is 0 Å². The van der Waals surface area contributed by atoms with E-state index in [-0.39, 0.29) is 28.6 Å². The molecule has 0 saturated heterocycles. The highest BCUT2D eigenvalue weighted by molar-refractivity contribution is 8.00. The van der Waals surface area contributed by atoms with Crippen LogP contribution in [-0.4, -0.2) is 38.1 Å². The van der Waals surface area contributed by atoms with Gasteiger partial charge in [-0.25, -0.2) is 9.67 Å². The summed E-state index contributed by atoms with van der Waals surface area (Å²) in [4.78, 5) is 18.2. The van der Waals surface area contributed by atoms with Crippen molar-refractivity contribution in [3.8, 4) is 5.69 Å². The summed E-state index contributed by atoms with van der Waals surface area (Å²) in [6.07, 6.45) is 3.04. The molecule has 0 saturated carbocycles. The lowest BCUT2D eigenvalue weighted by atomic mass is 10.1. The lowest BCUT2D eigenvalue weighted by Crippen LogP contribution is -2.29. The summed E-state index contributed by atoms with van der Waals surface area (Å²) in [6.45, 7) is 1.89. The van der Waals surface area contributed by atoms with Crippen LogP contribution in [-0.2, 0) is 0 Å². The molecule has 3 aromatic rings. The summed E-state index contributed by atoms with van der Waals surface area (Å²) in [6, 6.07) is 12.8. The van der Waals surface area contributed by atoms with E-state index in [4.69, 9.17) is 0 Å². The quantitative estimate of drug-likeness (QED) is 0.576. The number of benzene rings is 2.